The van der Waals surface area contributed by atoms with Crippen LogP contribution in [0.5, 0.6) is 0 Å². The molecule has 0 aromatic carbocycles. The van der Waals surface area contributed by atoms with Crippen molar-refractivity contribution < 1.29 is 14.3 Å². The second kappa shape index (κ2) is 6.56. The Morgan fingerprint density at radius 3 is 2.59 bits per heavy atom. The summed E-state index contributed by atoms with van der Waals surface area (Å²) in [4.78, 5) is 25.1. The number of likely N-dealkylation sites (N-methyl/N-ethyl adjacent to an activating group) is 3. The quantitative estimate of drug-likeness (QED) is 0.637. The Morgan fingerprint density at radius 1 is 1.35 bits per heavy atom. The van der Waals surface area contributed by atoms with E-state index in [1.807, 2.05) is 14.0 Å². The second-order valence-corrected chi connectivity index (χ2v) is 4.06. The first-order valence-corrected chi connectivity index (χ1v) is 5.88. The Labute approximate surface area is 102 Å². The Bertz CT molecular complexity index is 283. The fraction of sp³-hybridized carbons (Fsp3) is 0.818. The zero-order valence-corrected chi connectivity index (χ0v) is 10.7. The van der Waals surface area contributed by atoms with Crippen LogP contribution in [0.2, 0.25) is 0 Å². The summed E-state index contributed by atoms with van der Waals surface area (Å²) < 4.78 is 5.30. The molecule has 6 heteroatoms. The number of nitrogens with one attached hydrogen (secondary N) is 2. The topological polar surface area (TPSA) is 70.7 Å². The number of hydrogen-bond donors (Lipinski definition) is 2. The average molecular weight is 243 g/mol. The van der Waals surface area contributed by atoms with Crippen LogP contribution in [-0.2, 0) is 14.3 Å². The lowest BCUT2D eigenvalue weighted by Crippen LogP contribution is -2.47. The summed E-state index contributed by atoms with van der Waals surface area (Å²) in [5.41, 5.74) is 0. The van der Waals surface area contributed by atoms with Gasteiger partial charge in [-0.25, -0.2) is 0 Å². The zero-order valence-electron chi connectivity index (χ0n) is 10.7. The maximum Gasteiger partial charge on any atom is 0.239 e. The molecule has 0 spiro atoms. The number of hydrogen-bond acceptors (Lipinski definition) is 4. The van der Waals surface area contributed by atoms with Crippen LogP contribution in [0.4, 0.5) is 0 Å². The van der Waals surface area contributed by atoms with Crippen molar-refractivity contribution in [3.05, 3.63) is 0 Å². The first-order valence-electron chi connectivity index (χ1n) is 5.88. The minimum Gasteiger partial charge on any atom is -0.379 e. The normalized spacial score (nSPS) is 23.5. The Morgan fingerprint density at radius 2 is 2.06 bits per heavy atom. The minimum absolute atomic E-state index is 0.0204. The van der Waals surface area contributed by atoms with Crippen molar-refractivity contribution in [3.63, 3.8) is 0 Å². The first kappa shape index (κ1) is 13.9. The van der Waals surface area contributed by atoms with Crippen molar-refractivity contribution >= 4 is 11.8 Å². The molecule has 1 saturated heterocycles. The van der Waals surface area contributed by atoms with Gasteiger partial charge in [0, 0.05) is 19.6 Å². The molecule has 0 saturated carbocycles. The molecule has 2 atom stereocenters. The number of rotatable bonds is 5. The average Bonchev–Trinajstić information content (AvgIpc) is 2.82. The molecule has 1 rings (SSSR count). The number of amides is 2. The van der Waals surface area contributed by atoms with Gasteiger partial charge in [0.05, 0.1) is 25.7 Å². The van der Waals surface area contributed by atoms with Crippen molar-refractivity contribution in [1.29, 1.82) is 0 Å². The first-order chi connectivity index (χ1) is 8.13. The molecule has 1 heterocycles. The van der Waals surface area contributed by atoms with Gasteiger partial charge in [-0.15, -0.1) is 0 Å². The van der Waals surface area contributed by atoms with E-state index in [0.717, 1.165) is 0 Å². The molecule has 2 unspecified atom stereocenters. The zero-order chi connectivity index (χ0) is 12.8. The molecule has 1 aliphatic rings. The molecule has 0 aromatic rings. The van der Waals surface area contributed by atoms with Gasteiger partial charge in [0.2, 0.25) is 11.8 Å². The molecule has 98 valence electrons. The monoisotopic (exact) mass is 243 g/mol. The fourth-order valence-electron chi connectivity index (χ4n) is 1.91. The van der Waals surface area contributed by atoms with Crippen LogP contribution in [0.15, 0.2) is 0 Å². The van der Waals surface area contributed by atoms with E-state index in [4.69, 9.17) is 4.74 Å². The molecule has 0 radical (unpaired) electrons. The van der Waals surface area contributed by atoms with Crippen molar-refractivity contribution in [1.82, 2.24) is 15.5 Å². The van der Waals surface area contributed by atoms with E-state index < -0.39 is 0 Å². The van der Waals surface area contributed by atoms with Gasteiger partial charge in [-0.05, 0) is 14.0 Å². The van der Waals surface area contributed by atoms with Crippen LogP contribution in [0.25, 0.3) is 0 Å². The predicted octanol–water partition coefficient (Wildman–Crippen LogP) is -1.18. The molecule has 0 aliphatic carbocycles. The van der Waals surface area contributed by atoms with Crippen LogP contribution in [-0.4, -0.2) is 63.2 Å². The lowest BCUT2D eigenvalue weighted by atomic mass is 10.0. The van der Waals surface area contributed by atoms with Gasteiger partial charge in [0.15, 0.2) is 0 Å². The Kier molecular flexibility index (Phi) is 5.37. The summed E-state index contributed by atoms with van der Waals surface area (Å²) in [7, 11) is 3.38. The number of carbonyl (C=O) groups excluding carboxylic acids is 2. The van der Waals surface area contributed by atoms with Gasteiger partial charge in [-0.2, -0.15) is 0 Å². The van der Waals surface area contributed by atoms with Crippen LogP contribution in [0.3, 0.4) is 0 Å². The number of carbonyl (C=O) groups is 2. The highest BCUT2D eigenvalue weighted by Crippen LogP contribution is 2.16. The van der Waals surface area contributed by atoms with E-state index in [2.05, 4.69) is 10.6 Å². The van der Waals surface area contributed by atoms with E-state index in [-0.39, 0.29) is 30.3 Å². The van der Waals surface area contributed by atoms with E-state index >= 15 is 0 Å². The van der Waals surface area contributed by atoms with Crippen molar-refractivity contribution in [2.24, 2.45) is 5.92 Å². The molecule has 2 N–H and O–H groups in total. The summed E-state index contributed by atoms with van der Waals surface area (Å²) in [6.45, 7) is 3.47. The van der Waals surface area contributed by atoms with E-state index in [1.165, 1.54) is 0 Å². The molecule has 17 heavy (non-hydrogen) atoms. The molecular weight excluding hydrogens is 222 g/mol. The van der Waals surface area contributed by atoms with Crippen molar-refractivity contribution in [2.75, 3.05) is 40.4 Å². The molecule has 1 fully saturated rings. The van der Waals surface area contributed by atoms with Crippen LogP contribution in [0.1, 0.15) is 6.92 Å². The predicted molar refractivity (Wildman–Crippen MR) is 63.5 cm³/mol. The van der Waals surface area contributed by atoms with Gasteiger partial charge in [0.1, 0.15) is 0 Å². The van der Waals surface area contributed by atoms with Gasteiger partial charge in [-0.1, -0.05) is 0 Å². The highest BCUT2D eigenvalue weighted by molar-refractivity contribution is 5.86. The highest BCUT2D eigenvalue weighted by atomic mass is 16.5. The Balaban J connectivity index is 2.62. The lowest BCUT2D eigenvalue weighted by Gasteiger charge is -2.25. The third-order valence-corrected chi connectivity index (χ3v) is 3.08. The lowest BCUT2D eigenvalue weighted by molar-refractivity contribution is -0.139. The van der Waals surface area contributed by atoms with E-state index in [9.17, 15) is 9.59 Å². The van der Waals surface area contributed by atoms with Crippen molar-refractivity contribution in [3.8, 4) is 0 Å². The summed E-state index contributed by atoms with van der Waals surface area (Å²) in [5.74, 6) is -0.363. The molecule has 1 aliphatic heterocycles. The third kappa shape index (κ3) is 3.41. The van der Waals surface area contributed by atoms with Crippen LogP contribution >= 0.6 is 0 Å². The summed E-state index contributed by atoms with van der Waals surface area (Å²) in [5, 5.41) is 5.59. The number of ether oxygens (including phenoxy) is 1. The standard InChI is InChI=1S/C11H21N3O3/c1-4-14(5-10(15)13-3)11(16)8-6-17-7-9(8)12-2/h8-9,12H,4-7H2,1-3H3,(H,13,15). The smallest absolute Gasteiger partial charge is 0.239 e. The molecule has 0 aromatic heterocycles. The maximum atomic E-state index is 12.2. The van der Waals surface area contributed by atoms with E-state index in [0.29, 0.717) is 19.8 Å². The largest absolute Gasteiger partial charge is 0.379 e. The third-order valence-electron chi connectivity index (χ3n) is 3.08. The van der Waals surface area contributed by atoms with E-state index in [1.54, 1.807) is 11.9 Å². The highest BCUT2D eigenvalue weighted by Gasteiger charge is 2.35. The molecule has 6 nitrogen and oxygen atoms in total. The summed E-state index contributed by atoms with van der Waals surface area (Å²) in [6, 6.07) is 0.0428. The Hall–Kier alpha value is -1.14. The summed E-state index contributed by atoms with van der Waals surface area (Å²) >= 11 is 0. The molecule has 0 bridgehead atoms. The SMILES string of the molecule is CCN(CC(=O)NC)C(=O)C1COCC1NC. The second-order valence-electron chi connectivity index (χ2n) is 4.06. The van der Waals surface area contributed by atoms with Gasteiger partial charge >= 0.3 is 0 Å². The molecule has 2 amide bonds. The van der Waals surface area contributed by atoms with Gasteiger partial charge in [-0.3, -0.25) is 9.59 Å². The fourth-order valence-corrected chi connectivity index (χ4v) is 1.91. The van der Waals surface area contributed by atoms with Gasteiger partial charge in [0.25, 0.3) is 0 Å². The summed E-state index contributed by atoms with van der Waals surface area (Å²) in [6.07, 6.45) is 0. The van der Waals surface area contributed by atoms with Gasteiger partial charge < -0.3 is 20.3 Å². The maximum absolute atomic E-state index is 12.2. The van der Waals surface area contributed by atoms with Crippen LogP contribution in [0, 0.1) is 5.92 Å². The molecular formula is C11H21N3O3. The minimum atomic E-state index is -0.190. The number of nitrogens with zero attached hydrogens (tertiary/aromatic N) is 1. The van der Waals surface area contributed by atoms with Crippen LogP contribution < -0.4 is 10.6 Å². The van der Waals surface area contributed by atoms with Crippen molar-refractivity contribution in [2.45, 2.75) is 13.0 Å².